The first-order valence-electron chi connectivity index (χ1n) is 9.53. The van der Waals surface area contributed by atoms with E-state index in [0.29, 0.717) is 6.54 Å². The highest BCUT2D eigenvalue weighted by Crippen LogP contribution is 2.48. The first-order valence-corrected chi connectivity index (χ1v) is 9.53. The zero-order chi connectivity index (χ0) is 19.0. The summed E-state index contributed by atoms with van der Waals surface area (Å²) in [7, 11) is 1.97. The van der Waals surface area contributed by atoms with Gasteiger partial charge in [0.15, 0.2) is 0 Å². The highest BCUT2D eigenvalue weighted by atomic mass is 16.5. The maximum atomic E-state index is 13.0. The fourth-order valence-corrected chi connectivity index (χ4v) is 4.39. The minimum Gasteiger partial charge on any atom is -0.381 e. The van der Waals surface area contributed by atoms with Crippen molar-refractivity contribution in [2.45, 2.75) is 32.6 Å². The quantitative estimate of drug-likeness (QED) is 0.883. The van der Waals surface area contributed by atoms with Gasteiger partial charge in [-0.05, 0) is 49.9 Å². The molecule has 2 fully saturated rings. The fraction of sp³-hybridized carbons (Fsp3) is 0.550. The van der Waals surface area contributed by atoms with Gasteiger partial charge in [0, 0.05) is 50.4 Å². The van der Waals surface area contributed by atoms with Gasteiger partial charge in [-0.25, -0.2) is 4.79 Å². The molecule has 2 saturated heterocycles. The van der Waals surface area contributed by atoms with E-state index in [1.165, 1.54) is 11.1 Å². The summed E-state index contributed by atoms with van der Waals surface area (Å²) in [6.07, 6.45) is 3.62. The molecule has 27 heavy (non-hydrogen) atoms. The number of anilines is 1. The number of aromatic nitrogens is 3. The molecule has 1 spiro atoms. The van der Waals surface area contributed by atoms with Crippen molar-refractivity contribution in [2.24, 2.45) is 12.5 Å². The molecule has 3 heterocycles. The molecule has 2 amide bonds. The summed E-state index contributed by atoms with van der Waals surface area (Å²) in [6.45, 7) is 6.99. The molecule has 0 bridgehead atoms. The molecule has 1 aromatic heterocycles. The van der Waals surface area contributed by atoms with E-state index in [9.17, 15) is 4.79 Å². The third-order valence-electron chi connectivity index (χ3n) is 6.24. The highest BCUT2D eigenvalue weighted by molar-refractivity contribution is 5.89. The lowest BCUT2D eigenvalue weighted by Crippen LogP contribution is -2.38. The van der Waals surface area contributed by atoms with Crippen LogP contribution in [0.1, 0.15) is 35.7 Å². The third kappa shape index (κ3) is 3.32. The summed E-state index contributed by atoms with van der Waals surface area (Å²) < 4.78 is 7.58. The summed E-state index contributed by atoms with van der Waals surface area (Å²) in [4.78, 5) is 14.9. The van der Waals surface area contributed by atoms with Crippen molar-refractivity contribution < 1.29 is 9.53 Å². The number of nitrogens with one attached hydrogen (secondary N) is 1. The summed E-state index contributed by atoms with van der Waals surface area (Å²) >= 11 is 0. The largest absolute Gasteiger partial charge is 0.381 e. The Hall–Kier alpha value is -2.41. The van der Waals surface area contributed by atoms with Crippen LogP contribution in [0.15, 0.2) is 24.5 Å². The SMILES string of the molecule is Cc1ccc(NC(=O)N2CC(c3nncn3C)C3(CCOCC3)C2)cc1C. The Balaban J connectivity index is 1.56. The molecule has 2 aliphatic heterocycles. The lowest BCUT2D eigenvalue weighted by Gasteiger charge is -2.37. The van der Waals surface area contributed by atoms with Crippen molar-refractivity contribution in [1.29, 1.82) is 0 Å². The molecule has 2 aliphatic rings. The van der Waals surface area contributed by atoms with Crippen molar-refractivity contribution in [2.75, 3.05) is 31.6 Å². The summed E-state index contributed by atoms with van der Waals surface area (Å²) in [6, 6.07) is 5.97. The van der Waals surface area contributed by atoms with E-state index in [2.05, 4.69) is 29.4 Å². The summed E-state index contributed by atoms with van der Waals surface area (Å²) in [5, 5.41) is 11.5. The first kappa shape index (κ1) is 18.0. The molecule has 0 saturated carbocycles. The van der Waals surface area contributed by atoms with Gasteiger partial charge in [0.05, 0.1) is 0 Å². The van der Waals surface area contributed by atoms with Gasteiger partial charge in [0.25, 0.3) is 0 Å². The van der Waals surface area contributed by atoms with Crippen molar-refractivity contribution in [3.63, 3.8) is 0 Å². The van der Waals surface area contributed by atoms with Crippen LogP contribution in [-0.2, 0) is 11.8 Å². The van der Waals surface area contributed by atoms with Crippen LogP contribution in [-0.4, -0.2) is 52.0 Å². The Morgan fingerprint density at radius 1 is 1.26 bits per heavy atom. The molecule has 1 aromatic carbocycles. The number of rotatable bonds is 2. The zero-order valence-corrected chi connectivity index (χ0v) is 16.2. The Bertz CT molecular complexity index is 841. The molecule has 2 aromatic rings. The minimum atomic E-state index is -0.0474. The highest BCUT2D eigenvalue weighted by Gasteiger charge is 2.50. The van der Waals surface area contributed by atoms with Crippen LogP contribution in [0, 0.1) is 19.3 Å². The van der Waals surface area contributed by atoms with Gasteiger partial charge in [-0.15, -0.1) is 10.2 Å². The van der Waals surface area contributed by atoms with Crippen molar-refractivity contribution >= 4 is 11.7 Å². The van der Waals surface area contributed by atoms with E-state index in [1.807, 2.05) is 34.7 Å². The van der Waals surface area contributed by atoms with Gasteiger partial charge in [-0.2, -0.15) is 0 Å². The van der Waals surface area contributed by atoms with Crippen LogP contribution < -0.4 is 5.32 Å². The number of likely N-dealkylation sites (tertiary alicyclic amines) is 1. The minimum absolute atomic E-state index is 0.0135. The molecule has 7 heteroatoms. The first-order chi connectivity index (χ1) is 13.0. The smallest absolute Gasteiger partial charge is 0.321 e. The van der Waals surface area contributed by atoms with E-state index in [-0.39, 0.29) is 17.4 Å². The van der Waals surface area contributed by atoms with Crippen LogP contribution in [0.5, 0.6) is 0 Å². The van der Waals surface area contributed by atoms with Gasteiger partial charge in [0.1, 0.15) is 12.2 Å². The van der Waals surface area contributed by atoms with Gasteiger partial charge < -0.3 is 19.5 Å². The molecule has 7 nitrogen and oxygen atoms in total. The maximum absolute atomic E-state index is 13.0. The van der Waals surface area contributed by atoms with Crippen LogP contribution in [0.25, 0.3) is 0 Å². The number of carbonyl (C=O) groups is 1. The normalized spacial score (nSPS) is 21.6. The molecule has 0 radical (unpaired) electrons. The third-order valence-corrected chi connectivity index (χ3v) is 6.24. The van der Waals surface area contributed by atoms with Crippen molar-refractivity contribution in [1.82, 2.24) is 19.7 Å². The van der Waals surface area contributed by atoms with Crippen molar-refractivity contribution in [3.05, 3.63) is 41.5 Å². The van der Waals surface area contributed by atoms with Gasteiger partial charge in [-0.3, -0.25) is 0 Å². The second-order valence-corrected chi connectivity index (χ2v) is 7.94. The lowest BCUT2D eigenvalue weighted by atomic mass is 9.72. The van der Waals surface area contributed by atoms with Gasteiger partial charge in [-0.1, -0.05) is 6.07 Å². The molecular weight excluding hydrogens is 342 g/mol. The topological polar surface area (TPSA) is 72.3 Å². The van der Waals surface area contributed by atoms with E-state index in [1.54, 1.807) is 6.33 Å². The Morgan fingerprint density at radius 2 is 2.04 bits per heavy atom. The molecule has 144 valence electrons. The maximum Gasteiger partial charge on any atom is 0.321 e. The van der Waals surface area contributed by atoms with Crippen LogP contribution >= 0.6 is 0 Å². The second kappa shape index (κ2) is 6.96. The van der Waals surface area contributed by atoms with Crippen LogP contribution in [0.3, 0.4) is 0 Å². The zero-order valence-electron chi connectivity index (χ0n) is 16.2. The molecule has 0 aliphatic carbocycles. The summed E-state index contributed by atoms with van der Waals surface area (Å²) in [5.41, 5.74) is 3.25. The van der Waals surface area contributed by atoms with E-state index >= 15 is 0 Å². The number of amides is 2. The number of urea groups is 1. The number of hydrogen-bond acceptors (Lipinski definition) is 4. The molecule has 1 unspecified atom stereocenters. The predicted octanol–water partition coefficient (Wildman–Crippen LogP) is 2.86. The monoisotopic (exact) mass is 369 g/mol. The average Bonchev–Trinajstić information content (AvgIpc) is 3.22. The fourth-order valence-electron chi connectivity index (χ4n) is 4.39. The molecule has 4 rings (SSSR count). The van der Waals surface area contributed by atoms with E-state index < -0.39 is 0 Å². The lowest BCUT2D eigenvalue weighted by molar-refractivity contribution is 0.0122. The number of carbonyl (C=O) groups excluding carboxylic acids is 1. The average molecular weight is 369 g/mol. The number of nitrogens with zero attached hydrogens (tertiary/aromatic N) is 4. The number of aryl methyl sites for hydroxylation is 3. The van der Waals surface area contributed by atoms with Crippen molar-refractivity contribution in [3.8, 4) is 0 Å². The molecule has 1 N–H and O–H groups in total. The predicted molar refractivity (Wildman–Crippen MR) is 103 cm³/mol. The molecule has 1 atom stereocenters. The standard InChI is InChI=1S/C20H27N5O2/c1-14-4-5-16(10-15(14)2)22-19(26)25-11-17(18-23-21-13-24(18)3)20(12-25)6-8-27-9-7-20/h4-5,10,13,17H,6-9,11-12H2,1-3H3,(H,22,26). The number of hydrogen-bond donors (Lipinski definition) is 1. The second-order valence-electron chi connectivity index (χ2n) is 7.94. The van der Waals surface area contributed by atoms with Crippen LogP contribution in [0.4, 0.5) is 10.5 Å². The van der Waals surface area contributed by atoms with E-state index in [0.717, 1.165) is 44.1 Å². The Labute approximate surface area is 159 Å². The van der Waals surface area contributed by atoms with Gasteiger partial charge in [0.2, 0.25) is 0 Å². The number of benzene rings is 1. The number of ether oxygens (including phenoxy) is 1. The van der Waals surface area contributed by atoms with E-state index in [4.69, 9.17) is 4.74 Å². The Kier molecular flexibility index (Phi) is 4.63. The Morgan fingerprint density at radius 3 is 2.70 bits per heavy atom. The van der Waals surface area contributed by atoms with Gasteiger partial charge >= 0.3 is 6.03 Å². The molecular formula is C20H27N5O2. The van der Waals surface area contributed by atoms with Crippen LogP contribution in [0.2, 0.25) is 0 Å². The summed E-state index contributed by atoms with van der Waals surface area (Å²) in [5.74, 6) is 1.14.